The molecule has 10 heteroatoms. The van der Waals surface area contributed by atoms with Crippen molar-refractivity contribution in [2.45, 2.75) is 6.18 Å². The predicted molar refractivity (Wildman–Crippen MR) is 100 cm³/mol. The van der Waals surface area contributed by atoms with Crippen LogP contribution in [0.15, 0.2) is 54.6 Å². The number of phenols is 1. The smallest absolute Gasteiger partial charge is 0.416 e. The number of carbonyl (C=O) groups excluding carboxylic acids is 1. The number of carbonyl (C=O) groups is 1. The highest BCUT2D eigenvalue weighted by molar-refractivity contribution is 7.92. The van der Waals surface area contributed by atoms with E-state index in [1.807, 2.05) is 4.72 Å². The SMILES string of the molecule is O=C1CN(c2cc3cc(-c4cccc(C(F)(F)F)c4)ccc3cc2O)S(=O)(=O)N1. The van der Waals surface area contributed by atoms with Crippen LogP contribution < -0.4 is 9.03 Å². The molecule has 2 N–H and O–H groups in total. The van der Waals surface area contributed by atoms with Crippen LogP contribution in [0.3, 0.4) is 0 Å². The molecule has 1 heterocycles. The van der Waals surface area contributed by atoms with E-state index in [-0.39, 0.29) is 11.4 Å². The molecule has 3 aromatic rings. The summed E-state index contributed by atoms with van der Waals surface area (Å²) in [6.45, 7) is -0.477. The number of rotatable bonds is 2. The molecular weight excluding hydrogens is 409 g/mol. The Morgan fingerprint density at radius 3 is 2.34 bits per heavy atom. The minimum Gasteiger partial charge on any atom is -0.506 e. The third-order valence-corrected chi connectivity index (χ3v) is 5.94. The zero-order valence-electron chi connectivity index (χ0n) is 14.6. The van der Waals surface area contributed by atoms with E-state index in [4.69, 9.17) is 0 Å². The number of nitrogens with one attached hydrogen (secondary N) is 1. The second-order valence-electron chi connectivity index (χ2n) is 6.52. The third kappa shape index (κ3) is 3.46. The van der Waals surface area contributed by atoms with Gasteiger partial charge in [-0.1, -0.05) is 24.3 Å². The highest BCUT2D eigenvalue weighted by atomic mass is 32.2. The van der Waals surface area contributed by atoms with Gasteiger partial charge in [-0.05, 0) is 52.2 Å². The second kappa shape index (κ2) is 6.38. The molecule has 0 radical (unpaired) electrons. The summed E-state index contributed by atoms with van der Waals surface area (Å²) in [7, 11) is -4.12. The van der Waals surface area contributed by atoms with Crippen molar-refractivity contribution in [3.63, 3.8) is 0 Å². The lowest BCUT2D eigenvalue weighted by atomic mass is 9.99. The topological polar surface area (TPSA) is 86.7 Å². The van der Waals surface area contributed by atoms with Crippen LogP contribution >= 0.6 is 0 Å². The minimum absolute atomic E-state index is 0.1000. The molecular formula is C19H13F3N2O4S. The van der Waals surface area contributed by atoms with Crippen LogP contribution in [-0.2, 0) is 21.2 Å². The molecule has 150 valence electrons. The number of fused-ring (bicyclic) bond motifs is 1. The van der Waals surface area contributed by atoms with Gasteiger partial charge in [0, 0.05) is 0 Å². The maximum atomic E-state index is 13.0. The molecule has 1 aliphatic heterocycles. The van der Waals surface area contributed by atoms with Gasteiger partial charge in [0.25, 0.3) is 5.91 Å². The van der Waals surface area contributed by atoms with Gasteiger partial charge in [0.05, 0.1) is 11.3 Å². The van der Waals surface area contributed by atoms with E-state index in [0.717, 1.165) is 16.4 Å². The lowest BCUT2D eigenvalue weighted by Crippen LogP contribution is -2.29. The largest absolute Gasteiger partial charge is 0.506 e. The number of hydrogen-bond acceptors (Lipinski definition) is 4. The van der Waals surface area contributed by atoms with Gasteiger partial charge < -0.3 is 5.11 Å². The Balaban J connectivity index is 1.83. The number of benzene rings is 3. The zero-order valence-corrected chi connectivity index (χ0v) is 15.4. The van der Waals surface area contributed by atoms with Crippen LogP contribution in [0.4, 0.5) is 18.9 Å². The summed E-state index contributed by atoms with van der Waals surface area (Å²) in [6, 6.07) is 12.3. The fraction of sp³-hybridized carbons (Fsp3) is 0.105. The molecule has 6 nitrogen and oxygen atoms in total. The van der Waals surface area contributed by atoms with Crippen molar-refractivity contribution in [1.82, 2.24) is 4.72 Å². The van der Waals surface area contributed by atoms with E-state index in [2.05, 4.69) is 0 Å². The first-order valence-electron chi connectivity index (χ1n) is 8.32. The van der Waals surface area contributed by atoms with Gasteiger partial charge in [-0.3, -0.25) is 4.79 Å². The molecule has 1 aliphatic rings. The summed E-state index contributed by atoms with van der Waals surface area (Å²) < 4.78 is 65.6. The number of anilines is 1. The van der Waals surface area contributed by atoms with E-state index in [1.54, 1.807) is 18.2 Å². The highest BCUT2D eigenvalue weighted by Gasteiger charge is 2.35. The van der Waals surface area contributed by atoms with Crippen LogP contribution in [0.2, 0.25) is 0 Å². The third-order valence-electron chi connectivity index (χ3n) is 4.55. The van der Waals surface area contributed by atoms with Crippen molar-refractivity contribution in [3.8, 4) is 16.9 Å². The number of halogens is 3. The second-order valence-corrected chi connectivity index (χ2v) is 8.11. The summed E-state index contributed by atoms with van der Waals surface area (Å²) in [6.07, 6.45) is -4.48. The Hall–Kier alpha value is -3.27. The first kappa shape index (κ1) is 19.1. The van der Waals surface area contributed by atoms with Crippen LogP contribution in [0.25, 0.3) is 21.9 Å². The van der Waals surface area contributed by atoms with Crippen LogP contribution in [0.5, 0.6) is 5.75 Å². The lowest BCUT2D eigenvalue weighted by Gasteiger charge is -2.17. The van der Waals surface area contributed by atoms with Crippen molar-refractivity contribution in [2.75, 3.05) is 10.8 Å². The summed E-state index contributed by atoms with van der Waals surface area (Å²) in [5.41, 5.74) is -0.0630. The zero-order chi connectivity index (χ0) is 21.0. The van der Waals surface area contributed by atoms with Crippen molar-refractivity contribution >= 4 is 32.6 Å². The molecule has 1 fully saturated rings. The fourth-order valence-corrected chi connectivity index (χ4v) is 4.34. The van der Waals surface area contributed by atoms with E-state index in [1.165, 1.54) is 24.3 Å². The van der Waals surface area contributed by atoms with Crippen molar-refractivity contribution in [3.05, 3.63) is 60.2 Å². The van der Waals surface area contributed by atoms with Gasteiger partial charge in [-0.2, -0.15) is 21.6 Å². The van der Waals surface area contributed by atoms with Gasteiger partial charge in [-0.25, -0.2) is 9.03 Å². The summed E-state index contributed by atoms with van der Waals surface area (Å²) >= 11 is 0. The molecule has 4 rings (SSSR count). The van der Waals surface area contributed by atoms with E-state index < -0.39 is 34.4 Å². The number of phenolic OH excluding ortho intramolecular Hbond substituents is 1. The number of nitrogens with zero attached hydrogens (tertiary/aromatic N) is 1. The molecule has 0 unspecified atom stereocenters. The molecule has 29 heavy (non-hydrogen) atoms. The van der Waals surface area contributed by atoms with E-state index >= 15 is 0 Å². The number of alkyl halides is 3. The average Bonchev–Trinajstić information content (AvgIpc) is 2.92. The van der Waals surface area contributed by atoms with Crippen LogP contribution in [-0.4, -0.2) is 26.0 Å². The monoisotopic (exact) mass is 422 g/mol. The minimum atomic E-state index is -4.48. The Kier molecular flexibility index (Phi) is 4.19. The Bertz CT molecular complexity index is 1260. The Morgan fingerprint density at radius 1 is 0.966 bits per heavy atom. The molecule has 1 saturated heterocycles. The molecule has 3 aromatic carbocycles. The van der Waals surface area contributed by atoms with Gasteiger partial charge in [0.1, 0.15) is 12.3 Å². The van der Waals surface area contributed by atoms with Crippen molar-refractivity contribution in [1.29, 1.82) is 0 Å². The first-order chi connectivity index (χ1) is 13.5. The summed E-state index contributed by atoms with van der Waals surface area (Å²) in [5, 5.41) is 11.3. The highest BCUT2D eigenvalue weighted by Crippen LogP contribution is 2.37. The van der Waals surface area contributed by atoms with Gasteiger partial charge in [0.15, 0.2) is 0 Å². The van der Waals surface area contributed by atoms with Crippen LogP contribution in [0, 0.1) is 0 Å². The number of hydrogen-bond donors (Lipinski definition) is 2. The Labute approximate surface area is 163 Å². The average molecular weight is 422 g/mol. The number of aromatic hydroxyl groups is 1. The van der Waals surface area contributed by atoms with E-state index in [0.29, 0.717) is 21.9 Å². The van der Waals surface area contributed by atoms with Crippen molar-refractivity contribution in [2.24, 2.45) is 0 Å². The molecule has 0 bridgehead atoms. The quantitative estimate of drug-likeness (QED) is 0.663. The molecule has 0 spiro atoms. The normalized spacial score (nSPS) is 16.2. The fourth-order valence-electron chi connectivity index (χ4n) is 3.19. The molecule has 0 saturated carbocycles. The number of amides is 1. The van der Waals surface area contributed by atoms with Gasteiger partial charge in [0.2, 0.25) is 0 Å². The molecule has 0 aromatic heterocycles. The van der Waals surface area contributed by atoms with E-state index in [9.17, 15) is 31.5 Å². The maximum absolute atomic E-state index is 13.0. The predicted octanol–water partition coefficient (Wildman–Crippen LogP) is 3.41. The lowest BCUT2D eigenvalue weighted by molar-refractivity contribution is -0.137. The van der Waals surface area contributed by atoms with Gasteiger partial charge >= 0.3 is 16.4 Å². The molecule has 0 atom stereocenters. The Morgan fingerprint density at radius 2 is 1.69 bits per heavy atom. The summed E-state index contributed by atoms with van der Waals surface area (Å²) in [5.74, 6) is -1.08. The summed E-state index contributed by atoms with van der Waals surface area (Å²) in [4.78, 5) is 11.5. The molecule has 1 amide bonds. The van der Waals surface area contributed by atoms with Crippen molar-refractivity contribution < 1.29 is 31.5 Å². The molecule has 0 aliphatic carbocycles. The standard InChI is InChI=1S/C19H13F3N2O4S/c20-19(21,22)15-3-1-2-11(7-15)12-4-5-13-9-17(25)16(8-14(13)6-12)24-10-18(26)23-29(24,27)28/h1-9,25H,10H2,(H,23,26). The maximum Gasteiger partial charge on any atom is 0.416 e. The first-order valence-corrected chi connectivity index (χ1v) is 9.76. The van der Waals surface area contributed by atoms with Gasteiger partial charge in [-0.15, -0.1) is 0 Å². The van der Waals surface area contributed by atoms with Crippen LogP contribution in [0.1, 0.15) is 5.56 Å².